The first kappa shape index (κ1) is 21.7. The van der Waals surface area contributed by atoms with Crippen LogP contribution in [0.5, 0.6) is 0 Å². The van der Waals surface area contributed by atoms with E-state index in [0.29, 0.717) is 5.92 Å². The molecule has 0 saturated carbocycles. The van der Waals surface area contributed by atoms with Gasteiger partial charge in [-0.1, -0.05) is 82.2 Å². The van der Waals surface area contributed by atoms with Gasteiger partial charge in [-0.05, 0) is 47.4 Å². The fraction of sp³-hybridized carbons (Fsp3) is 0.417. The van der Waals surface area contributed by atoms with Crippen molar-refractivity contribution in [1.29, 1.82) is 0 Å². The molecule has 0 spiro atoms. The highest BCUT2D eigenvalue weighted by molar-refractivity contribution is 5.94. The lowest BCUT2D eigenvalue weighted by molar-refractivity contribution is -0.126. The summed E-state index contributed by atoms with van der Waals surface area (Å²) in [6.45, 7) is 12.5. The van der Waals surface area contributed by atoms with Crippen LogP contribution < -0.4 is 5.32 Å². The van der Waals surface area contributed by atoms with Gasteiger partial charge in [-0.15, -0.1) is 0 Å². The molecule has 2 rings (SSSR count). The van der Waals surface area contributed by atoms with Crippen LogP contribution in [0.4, 0.5) is 5.69 Å². The summed E-state index contributed by atoms with van der Waals surface area (Å²) in [4.78, 5) is 17.8. The Morgan fingerprint density at radius 3 is 2.36 bits per heavy atom. The SMILES string of the molecule is CCC(C)c1ccccc1NC(=O)C(C)ON=Cc1ccc(C(C)(C)C)cc1. The van der Waals surface area contributed by atoms with Crippen LogP contribution in [-0.2, 0) is 15.0 Å². The van der Waals surface area contributed by atoms with E-state index in [1.54, 1.807) is 13.1 Å². The number of nitrogens with zero attached hydrogens (tertiary/aromatic N) is 1. The number of carbonyl (C=O) groups is 1. The predicted octanol–water partition coefficient (Wildman–Crippen LogP) is 5.88. The molecule has 0 bridgehead atoms. The van der Waals surface area contributed by atoms with E-state index in [2.05, 4.69) is 63.3 Å². The van der Waals surface area contributed by atoms with Crippen LogP contribution in [0.25, 0.3) is 0 Å². The van der Waals surface area contributed by atoms with Crippen molar-refractivity contribution in [3.05, 3.63) is 65.2 Å². The zero-order valence-corrected chi connectivity index (χ0v) is 17.8. The fourth-order valence-electron chi connectivity index (χ4n) is 2.79. The number of hydrogen-bond acceptors (Lipinski definition) is 3. The topological polar surface area (TPSA) is 50.7 Å². The maximum absolute atomic E-state index is 12.5. The van der Waals surface area contributed by atoms with Gasteiger partial charge < -0.3 is 10.2 Å². The lowest BCUT2D eigenvalue weighted by Gasteiger charge is -2.18. The quantitative estimate of drug-likeness (QED) is 0.482. The molecule has 2 unspecified atom stereocenters. The molecule has 0 radical (unpaired) electrons. The van der Waals surface area contributed by atoms with E-state index in [1.165, 1.54) is 5.56 Å². The molecule has 4 nitrogen and oxygen atoms in total. The molecule has 2 aromatic rings. The second-order valence-corrected chi connectivity index (χ2v) is 8.24. The van der Waals surface area contributed by atoms with Gasteiger partial charge in [0.25, 0.3) is 5.91 Å². The number of carbonyl (C=O) groups excluding carboxylic acids is 1. The molecule has 0 aliphatic rings. The molecule has 28 heavy (non-hydrogen) atoms. The molecule has 0 aliphatic heterocycles. The van der Waals surface area contributed by atoms with Crippen molar-refractivity contribution in [2.75, 3.05) is 5.32 Å². The summed E-state index contributed by atoms with van der Waals surface area (Å²) in [5, 5.41) is 6.94. The summed E-state index contributed by atoms with van der Waals surface area (Å²) in [5.74, 6) is 0.165. The molecule has 2 aromatic carbocycles. The highest BCUT2D eigenvalue weighted by atomic mass is 16.6. The Balaban J connectivity index is 1.95. The van der Waals surface area contributed by atoms with Crippen molar-refractivity contribution in [3.8, 4) is 0 Å². The lowest BCUT2D eigenvalue weighted by atomic mass is 9.87. The van der Waals surface area contributed by atoms with Gasteiger partial charge in [-0.25, -0.2) is 0 Å². The van der Waals surface area contributed by atoms with Gasteiger partial charge in [0.2, 0.25) is 6.10 Å². The molecule has 0 aromatic heterocycles. The van der Waals surface area contributed by atoms with Gasteiger partial charge in [0.05, 0.1) is 6.21 Å². The Morgan fingerprint density at radius 1 is 1.11 bits per heavy atom. The Bertz CT molecular complexity index is 804. The van der Waals surface area contributed by atoms with Crippen molar-refractivity contribution in [3.63, 3.8) is 0 Å². The van der Waals surface area contributed by atoms with Crippen LogP contribution in [0.15, 0.2) is 53.7 Å². The summed E-state index contributed by atoms with van der Waals surface area (Å²) < 4.78 is 0. The molecular formula is C24H32N2O2. The van der Waals surface area contributed by atoms with E-state index in [1.807, 2.05) is 30.3 Å². The molecule has 0 saturated heterocycles. The summed E-state index contributed by atoms with van der Waals surface area (Å²) in [6, 6.07) is 16.1. The minimum Gasteiger partial charge on any atom is -0.383 e. The number of benzene rings is 2. The van der Waals surface area contributed by atoms with Crippen LogP contribution in [0, 0.1) is 0 Å². The molecule has 150 valence electrons. The lowest BCUT2D eigenvalue weighted by Crippen LogP contribution is -2.27. The average molecular weight is 381 g/mol. The van der Waals surface area contributed by atoms with Crippen molar-refractivity contribution in [1.82, 2.24) is 0 Å². The average Bonchev–Trinajstić information content (AvgIpc) is 2.67. The Hall–Kier alpha value is -2.62. The van der Waals surface area contributed by atoms with Gasteiger partial charge in [0.1, 0.15) is 0 Å². The van der Waals surface area contributed by atoms with E-state index in [4.69, 9.17) is 4.84 Å². The number of oxime groups is 1. The number of amides is 1. The maximum atomic E-state index is 12.5. The molecule has 4 heteroatoms. The van der Waals surface area contributed by atoms with E-state index >= 15 is 0 Å². The van der Waals surface area contributed by atoms with Gasteiger partial charge in [0.15, 0.2) is 0 Å². The van der Waals surface area contributed by atoms with Gasteiger partial charge >= 0.3 is 0 Å². The molecule has 0 fully saturated rings. The fourth-order valence-corrected chi connectivity index (χ4v) is 2.79. The number of para-hydroxylation sites is 1. The molecule has 0 heterocycles. The molecule has 1 N–H and O–H groups in total. The standard InChI is InChI=1S/C24H32N2O2/c1-7-17(2)21-10-8-9-11-22(21)26-23(27)18(3)28-25-16-19-12-14-20(15-13-19)24(4,5)6/h8-18H,7H2,1-6H3,(H,26,27). The number of nitrogens with one attached hydrogen (secondary N) is 1. The Labute approximate surface area is 169 Å². The summed E-state index contributed by atoms with van der Waals surface area (Å²) in [7, 11) is 0. The second-order valence-electron chi connectivity index (χ2n) is 8.24. The molecule has 1 amide bonds. The second kappa shape index (κ2) is 9.54. The minimum absolute atomic E-state index is 0.115. The van der Waals surface area contributed by atoms with Crippen molar-refractivity contribution in [2.45, 2.75) is 65.4 Å². The van der Waals surface area contributed by atoms with Crippen molar-refractivity contribution < 1.29 is 9.63 Å². The first-order valence-electron chi connectivity index (χ1n) is 9.92. The van der Waals surface area contributed by atoms with Gasteiger partial charge in [-0.3, -0.25) is 4.79 Å². The number of rotatable bonds is 7. The van der Waals surface area contributed by atoms with Crippen LogP contribution in [0.3, 0.4) is 0 Å². The third-order valence-electron chi connectivity index (χ3n) is 4.93. The summed E-state index contributed by atoms with van der Waals surface area (Å²) in [6.07, 6.45) is 1.95. The first-order chi connectivity index (χ1) is 13.2. The summed E-state index contributed by atoms with van der Waals surface area (Å²) in [5.41, 5.74) is 4.28. The van der Waals surface area contributed by atoms with Crippen LogP contribution in [0.1, 0.15) is 70.6 Å². The van der Waals surface area contributed by atoms with E-state index in [9.17, 15) is 4.79 Å². The normalized spacial score (nSPS) is 13.9. The van der Waals surface area contributed by atoms with Crippen molar-refractivity contribution in [2.24, 2.45) is 5.16 Å². The third kappa shape index (κ3) is 5.95. The largest absolute Gasteiger partial charge is 0.383 e. The zero-order valence-electron chi connectivity index (χ0n) is 17.8. The van der Waals surface area contributed by atoms with Gasteiger partial charge in [0, 0.05) is 5.69 Å². The van der Waals surface area contributed by atoms with Gasteiger partial charge in [-0.2, -0.15) is 0 Å². The number of hydrogen-bond donors (Lipinski definition) is 1. The zero-order chi connectivity index (χ0) is 20.7. The van der Waals surface area contributed by atoms with E-state index in [-0.39, 0.29) is 11.3 Å². The predicted molar refractivity (Wildman–Crippen MR) is 117 cm³/mol. The third-order valence-corrected chi connectivity index (χ3v) is 4.93. The monoisotopic (exact) mass is 380 g/mol. The Morgan fingerprint density at radius 2 is 1.75 bits per heavy atom. The van der Waals surface area contributed by atoms with E-state index < -0.39 is 6.10 Å². The highest BCUT2D eigenvalue weighted by Gasteiger charge is 2.17. The number of anilines is 1. The first-order valence-corrected chi connectivity index (χ1v) is 9.92. The van der Waals surface area contributed by atoms with Crippen LogP contribution >= 0.6 is 0 Å². The highest BCUT2D eigenvalue weighted by Crippen LogP contribution is 2.26. The smallest absolute Gasteiger partial charge is 0.267 e. The molecular weight excluding hydrogens is 348 g/mol. The minimum atomic E-state index is -0.685. The maximum Gasteiger partial charge on any atom is 0.267 e. The van der Waals surface area contributed by atoms with Crippen LogP contribution in [-0.4, -0.2) is 18.2 Å². The molecule has 2 atom stereocenters. The molecule has 0 aliphatic carbocycles. The van der Waals surface area contributed by atoms with E-state index in [0.717, 1.165) is 23.2 Å². The Kier molecular flexibility index (Phi) is 7.38. The van der Waals surface area contributed by atoms with Crippen molar-refractivity contribution >= 4 is 17.8 Å². The summed E-state index contributed by atoms with van der Waals surface area (Å²) >= 11 is 0. The van der Waals surface area contributed by atoms with Crippen LogP contribution in [0.2, 0.25) is 0 Å².